The molecule has 0 aliphatic heterocycles. The number of primary amides is 1. The number of nitrogens with one attached hydrogen (secondary N) is 1. The van der Waals surface area contributed by atoms with Gasteiger partial charge in [-0.15, -0.1) is 0 Å². The maximum Gasteiger partial charge on any atom is 0.328 e. The van der Waals surface area contributed by atoms with Crippen molar-refractivity contribution in [2.24, 2.45) is 5.73 Å². The normalized spacial score (nSPS) is 11.6. The first-order chi connectivity index (χ1) is 9.31. The van der Waals surface area contributed by atoms with E-state index in [0.717, 1.165) is 6.08 Å². The summed E-state index contributed by atoms with van der Waals surface area (Å²) in [5.74, 6) is -1.93. The molecule has 1 aromatic rings. The topological polar surface area (TPSA) is 136 Å². The standard InChI is InChI=1S/C11H12N2O6S/c12-10(14)7-19-13-20(17,18)9-4-1-8(2-5-9)3-6-11(15)16/h1-6,13H,7H2,(H2,12,14)(H,15,16)/b6-3+. The van der Waals surface area contributed by atoms with Crippen molar-refractivity contribution in [1.82, 2.24) is 4.89 Å². The van der Waals surface area contributed by atoms with E-state index >= 15 is 0 Å². The molecule has 8 nitrogen and oxygen atoms in total. The van der Waals surface area contributed by atoms with E-state index in [4.69, 9.17) is 10.8 Å². The van der Waals surface area contributed by atoms with Gasteiger partial charge in [0, 0.05) is 6.08 Å². The van der Waals surface area contributed by atoms with Crippen LogP contribution >= 0.6 is 0 Å². The number of nitrogens with two attached hydrogens (primary N) is 1. The summed E-state index contributed by atoms with van der Waals surface area (Å²) in [6.45, 7) is -0.585. The fourth-order valence-electron chi connectivity index (χ4n) is 1.15. The minimum atomic E-state index is -3.92. The summed E-state index contributed by atoms with van der Waals surface area (Å²) < 4.78 is 23.4. The third kappa shape index (κ3) is 5.18. The van der Waals surface area contributed by atoms with E-state index < -0.39 is 28.5 Å². The van der Waals surface area contributed by atoms with Crippen LogP contribution in [0.3, 0.4) is 0 Å². The maximum absolute atomic E-state index is 11.7. The quantitative estimate of drug-likeness (QED) is 0.458. The van der Waals surface area contributed by atoms with Crippen molar-refractivity contribution in [2.75, 3.05) is 6.61 Å². The molecule has 0 bridgehead atoms. The second-order valence-electron chi connectivity index (χ2n) is 3.58. The molecule has 9 heteroatoms. The van der Waals surface area contributed by atoms with Crippen molar-refractivity contribution < 1.29 is 28.0 Å². The summed E-state index contributed by atoms with van der Waals surface area (Å²) in [6, 6.07) is 5.36. The molecule has 1 amide bonds. The molecule has 108 valence electrons. The lowest BCUT2D eigenvalue weighted by molar-refractivity contribution is -0.131. The molecule has 0 atom stereocenters. The number of hydrogen-bond donors (Lipinski definition) is 3. The molecule has 0 unspecified atom stereocenters. The molecule has 0 aliphatic rings. The zero-order valence-corrected chi connectivity index (χ0v) is 11.0. The van der Waals surface area contributed by atoms with Gasteiger partial charge in [-0.3, -0.25) is 9.63 Å². The molecule has 0 radical (unpaired) electrons. The fraction of sp³-hybridized carbons (Fsp3) is 0.0909. The molecule has 0 spiro atoms. The van der Waals surface area contributed by atoms with E-state index in [-0.39, 0.29) is 4.90 Å². The van der Waals surface area contributed by atoms with Gasteiger partial charge < -0.3 is 10.8 Å². The monoisotopic (exact) mass is 300 g/mol. The Balaban J connectivity index is 2.76. The van der Waals surface area contributed by atoms with Crippen LogP contribution in [0.15, 0.2) is 35.2 Å². The highest BCUT2D eigenvalue weighted by atomic mass is 32.2. The van der Waals surface area contributed by atoms with Gasteiger partial charge in [-0.2, -0.15) is 0 Å². The molecule has 4 N–H and O–H groups in total. The molecule has 0 aliphatic carbocycles. The first-order valence-corrected chi connectivity index (χ1v) is 6.72. The lowest BCUT2D eigenvalue weighted by atomic mass is 10.2. The van der Waals surface area contributed by atoms with Gasteiger partial charge in [-0.25, -0.2) is 13.2 Å². The van der Waals surface area contributed by atoms with E-state index in [1.54, 1.807) is 4.89 Å². The van der Waals surface area contributed by atoms with Gasteiger partial charge in [-0.05, 0) is 23.8 Å². The molecule has 0 saturated heterocycles. The van der Waals surface area contributed by atoms with Gasteiger partial charge in [-0.1, -0.05) is 17.0 Å². The third-order valence-electron chi connectivity index (χ3n) is 1.99. The molecule has 1 aromatic carbocycles. The number of carboxylic acids is 1. The van der Waals surface area contributed by atoms with Crippen LogP contribution in [0.1, 0.15) is 5.56 Å². The highest BCUT2D eigenvalue weighted by molar-refractivity contribution is 7.89. The Morgan fingerprint density at radius 1 is 1.30 bits per heavy atom. The summed E-state index contributed by atoms with van der Waals surface area (Å²) in [5, 5.41) is 8.45. The van der Waals surface area contributed by atoms with E-state index in [0.29, 0.717) is 5.56 Å². The van der Waals surface area contributed by atoms with Crippen molar-refractivity contribution in [2.45, 2.75) is 4.90 Å². The minimum absolute atomic E-state index is 0.102. The first-order valence-electron chi connectivity index (χ1n) is 5.24. The summed E-state index contributed by atoms with van der Waals surface area (Å²) in [5.41, 5.74) is 5.30. The number of sulfonamides is 1. The molecule has 0 saturated carbocycles. The molecular weight excluding hydrogens is 288 g/mol. The number of rotatable bonds is 7. The van der Waals surface area contributed by atoms with E-state index in [9.17, 15) is 18.0 Å². The van der Waals surface area contributed by atoms with E-state index in [1.807, 2.05) is 0 Å². The Morgan fingerprint density at radius 3 is 2.40 bits per heavy atom. The number of benzene rings is 1. The molecular formula is C11H12N2O6S. The highest BCUT2D eigenvalue weighted by Gasteiger charge is 2.14. The average molecular weight is 300 g/mol. The van der Waals surface area contributed by atoms with Crippen molar-refractivity contribution in [3.63, 3.8) is 0 Å². The number of carboxylic acid groups (broad SMARTS) is 1. The highest BCUT2D eigenvalue weighted by Crippen LogP contribution is 2.11. The molecule has 0 heterocycles. The predicted molar refractivity (Wildman–Crippen MR) is 68.6 cm³/mol. The summed E-state index contributed by atoms with van der Waals surface area (Å²) in [4.78, 5) is 26.8. The predicted octanol–water partition coefficient (Wildman–Crippen LogP) is -0.520. The number of aliphatic carboxylic acids is 1. The number of hydrogen-bond acceptors (Lipinski definition) is 5. The second kappa shape index (κ2) is 6.80. The number of carbonyl (C=O) groups excluding carboxylic acids is 1. The van der Waals surface area contributed by atoms with Crippen molar-refractivity contribution >= 4 is 28.0 Å². The van der Waals surface area contributed by atoms with Crippen LogP contribution in [0.4, 0.5) is 0 Å². The lowest BCUT2D eigenvalue weighted by Crippen LogP contribution is -2.29. The zero-order chi connectivity index (χ0) is 15.2. The fourth-order valence-corrected chi connectivity index (χ4v) is 1.96. The van der Waals surface area contributed by atoms with Gasteiger partial charge in [0.2, 0.25) is 5.91 Å². The maximum atomic E-state index is 11.7. The number of carbonyl (C=O) groups is 2. The van der Waals surface area contributed by atoms with Crippen molar-refractivity contribution in [3.8, 4) is 0 Å². The van der Waals surface area contributed by atoms with Gasteiger partial charge in [0.1, 0.15) is 6.61 Å². The van der Waals surface area contributed by atoms with Crippen LogP contribution in [0, 0.1) is 0 Å². The van der Waals surface area contributed by atoms with Crippen molar-refractivity contribution in [3.05, 3.63) is 35.9 Å². The van der Waals surface area contributed by atoms with Crippen LogP contribution in [0.25, 0.3) is 6.08 Å². The Bertz CT molecular complexity index is 621. The van der Waals surface area contributed by atoms with Gasteiger partial charge in [0.05, 0.1) is 4.90 Å². The number of amides is 1. The first kappa shape index (κ1) is 15.8. The van der Waals surface area contributed by atoms with Gasteiger partial charge >= 0.3 is 5.97 Å². The van der Waals surface area contributed by atoms with Crippen LogP contribution in [0.2, 0.25) is 0 Å². The summed E-state index contributed by atoms with van der Waals surface area (Å²) in [6.07, 6.45) is 2.24. The van der Waals surface area contributed by atoms with Gasteiger partial charge in [0.15, 0.2) is 0 Å². The van der Waals surface area contributed by atoms with E-state index in [1.165, 1.54) is 30.3 Å². The molecule has 1 rings (SSSR count). The third-order valence-corrected chi connectivity index (χ3v) is 3.22. The largest absolute Gasteiger partial charge is 0.478 e. The summed E-state index contributed by atoms with van der Waals surface area (Å²) >= 11 is 0. The lowest BCUT2D eigenvalue weighted by Gasteiger charge is -2.06. The SMILES string of the molecule is NC(=O)CONS(=O)(=O)c1ccc(/C=C/C(=O)O)cc1. The smallest absolute Gasteiger partial charge is 0.328 e. The Hall–Kier alpha value is -2.23. The minimum Gasteiger partial charge on any atom is -0.478 e. The van der Waals surface area contributed by atoms with Gasteiger partial charge in [0.25, 0.3) is 10.0 Å². The van der Waals surface area contributed by atoms with Crippen LogP contribution in [-0.2, 0) is 24.4 Å². The Labute approximate surface area is 114 Å². The van der Waals surface area contributed by atoms with Crippen LogP contribution in [0.5, 0.6) is 0 Å². The van der Waals surface area contributed by atoms with E-state index in [2.05, 4.69) is 4.84 Å². The second-order valence-corrected chi connectivity index (χ2v) is 5.23. The molecule has 20 heavy (non-hydrogen) atoms. The zero-order valence-electron chi connectivity index (χ0n) is 10.1. The van der Waals surface area contributed by atoms with Crippen LogP contribution in [-0.4, -0.2) is 32.0 Å². The Kier molecular flexibility index (Phi) is 5.38. The van der Waals surface area contributed by atoms with Crippen molar-refractivity contribution in [1.29, 1.82) is 0 Å². The molecule has 0 aromatic heterocycles. The summed E-state index contributed by atoms with van der Waals surface area (Å²) in [7, 11) is -3.92. The average Bonchev–Trinajstić information content (AvgIpc) is 2.36. The van der Waals surface area contributed by atoms with Crippen LogP contribution < -0.4 is 10.6 Å². The Morgan fingerprint density at radius 2 is 1.90 bits per heavy atom. The molecule has 0 fully saturated rings.